The lowest BCUT2D eigenvalue weighted by atomic mass is 10.0. The van der Waals surface area contributed by atoms with Crippen LogP contribution in [0.3, 0.4) is 0 Å². The van der Waals surface area contributed by atoms with Gasteiger partial charge in [0.15, 0.2) is 0 Å². The molecule has 2 nitrogen and oxygen atoms in total. The number of halogens is 1. The smallest absolute Gasteiger partial charge is 0.121 e. The first-order chi connectivity index (χ1) is 7.41. The standard InChI is InChI=1S/C12H19ClN2S/c1-11(2)9(12(11,3)4)10-15-14-8(16-10)6-5-7-13/h9H,5-7H2,1-4H3. The van der Waals surface area contributed by atoms with Gasteiger partial charge in [0.2, 0.25) is 0 Å². The zero-order valence-corrected chi connectivity index (χ0v) is 12.0. The van der Waals surface area contributed by atoms with Gasteiger partial charge in [0, 0.05) is 18.2 Å². The lowest BCUT2D eigenvalue weighted by Crippen LogP contribution is -1.95. The second-order valence-electron chi connectivity index (χ2n) is 5.70. The van der Waals surface area contributed by atoms with Gasteiger partial charge in [0.1, 0.15) is 10.0 Å². The number of hydrogen-bond acceptors (Lipinski definition) is 3. The summed E-state index contributed by atoms with van der Waals surface area (Å²) in [6, 6.07) is 0. The van der Waals surface area contributed by atoms with Crippen molar-refractivity contribution in [1.82, 2.24) is 10.2 Å². The molecule has 0 atom stereocenters. The van der Waals surface area contributed by atoms with Crippen molar-refractivity contribution in [2.24, 2.45) is 10.8 Å². The van der Waals surface area contributed by atoms with Gasteiger partial charge in [-0.3, -0.25) is 0 Å². The summed E-state index contributed by atoms with van der Waals surface area (Å²) in [5, 5.41) is 10.9. The summed E-state index contributed by atoms with van der Waals surface area (Å²) in [6.07, 6.45) is 1.96. The van der Waals surface area contributed by atoms with Crippen molar-refractivity contribution < 1.29 is 0 Å². The Morgan fingerprint density at radius 1 is 1.19 bits per heavy atom. The van der Waals surface area contributed by atoms with Crippen LogP contribution in [0.1, 0.15) is 50.0 Å². The SMILES string of the molecule is CC1(C)C(c2nnc(CCCCl)s2)C1(C)C. The largest absolute Gasteiger partial charge is 0.144 e. The zero-order valence-electron chi connectivity index (χ0n) is 10.4. The summed E-state index contributed by atoms with van der Waals surface area (Å²) >= 11 is 7.45. The molecule has 0 amide bonds. The van der Waals surface area contributed by atoms with Crippen LogP contribution in [0.4, 0.5) is 0 Å². The highest BCUT2D eigenvalue weighted by Crippen LogP contribution is 2.73. The molecule has 0 unspecified atom stereocenters. The molecule has 2 rings (SSSR count). The van der Waals surface area contributed by atoms with Crippen molar-refractivity contribution in [3.05, 3.63) is 10.0 Å². The molecule has 1 aliphatic carbocycles. The van der Waals surface area contributed by atoms with Crippen LogP contribution in [0.15, 0.2) is 0 Å². The first-order valence-electron chi connectivity index (χ1n) is 5.79. The fourth-order valence-electron chi connectivity index (χ4n) is 2.52. The average molecular weight is 259 g/mol. The summed E-state index contributed by atoms with van der Waals surface area (Å²) < 4.78 is 0. The zero-order chi connectivity index (χ0) is 12.0. The number of alkyl halides is 1. The number of hydrogen-bond donors (Lipinski definition) is 0. The second kappa shape index (κ2) is 3.95. The van der Waals surface area contributed by atoms with Crippen LogP contribution in [0.25, 0.3) is 0 Å². The Hall–Kier alpha value is -0.150. The molecule has 1 heterocycles. The van der Waals surface area contributed by atoms with Gasteiger partial charge in [0.05, 0.1) is 0 Å². The summed E-state index contributed by atoms with van der Waals surface area (Å²) in [4.78, 5) is 0. The van der Waals surface area contributed by atoms with E-state index in [4.69, 9.17) is 11.6 Å². The van der Waals surface area contributed by atoms with Gasteiger partial charge in [-0.15, -0.1) is 33.1 Å². The highest BCUT2D eigenvalue weighted by atomic mass is 35.5. The number of nitrogens with zero attached hydrogens (tertiary/aromatic N) is 2. The van der Waals surface area contributed by atoms with Crippen molar-refractivity contribution in [2.75, 3.05) is 5.88 Å². The molecule has 1 aromatic heterocycles. The monoisotopic (exact) mass is 258 g/mol. The lowest BCUT2D eigenvalue weighted by molar-refractivity contribution is 0.457. The van der Waals surface area contributed by atoms with Crippen molar-refractivity contribution in [3.8, 4) is 0 Å². The molecule has 90 valence electrons. The van der Waals surface area contributed by atoms with Crippen LogP contribution < -0.4 is 0 Å². The molecule has 0 aliphatic heterocycles. The van der Waals surface area contributed by atoms with Crippen molar-refractivity contribution in [1.29, 1.82) is 0 Å². The minimum absolute atomic E-state index is 0.357. The third-order valence-electron chi connectivity index (χ3n) is 4.27. The van der Waals surface area contributed by atoms with Gasteiger partial charge in [-0.05, 0) is 17.3 Å². The van der Waals surface area contributed by atoms with E-state index in [1.165, 1.54) is 5.01 Å². The van der Waals surface area contributed by atoms with Gasteiger partial charge in [-0.2, -0.15) is 0 Å². The third-order valence-corrected chi connectivity index (χ3v) is 5.59. The molecule has 4 heteroatoms. The first-order valence-corrected chi connectivity index (χ1v) is 7.14. The van der Waals surface area contributed by atoms with Crippen LogP contribution in [0.5, 0.6) is 0 Å². The van der Waals surface area contributed by atoms with E-state index >= 15 is 0 Å². The Balaban J connectivity index is 2.10. The van der Waals surface area contributed by atoms with E-state index < -0.39 is 0 Å². The minimum Gasteiger partial charge on any atom is -0.144 e. The summed E-state index contributed by atoms with van der Waals surface area (Å²) in [6.45, 7) is 9.27. The Bertz CT molecular complexity index is 370. The topological polar surface area (TPSA) is 25.8 Å². The summed E-state index contributed by atoms with van der Waals surface area (Å²) in [5.41, 5.74) is 0.715. The van der Waals surface area contributed by atoms with Gasteiger partial charge in [-0.1, -0.05) is 27.7 Å². The highest BCUT2D eigenvalue weighted by molar-refractivity contribution is 7.11. The minimum atomic E-state index is 0.357. The maximum absolute atomic E-state index is 5.68. The quantitative estimate of drug-likeness (QED) is 0.767. The predicted octanol–water partition coefficient (Wildman–Crippen LogP) is 3.86. The normalized spacial score (nSPS) is 22.3. The molecule has 0 aromatic carbocycles. The third kappa shape index (κ3) is 1.78. The maximum Gasteiger partial charge on any atom is 0.121 e. The van der Waals surface area contributed by atoms with Crippen molar-refractivity contribution in [2.45, 2.75) is 46.5 Å². The lowest BCUT2D eigenvalue weighted by Gasteiger charge is -2.03. The molecule has 1 fully saturated rings. The highest BCUT2D eigenvalue weighted by Gasteiger charge is 2.66. The van der Waals surface area contributed by atoms with E-state index in [9.17, 15) is 0 Å². The Labute approximate surface area is 106 Å². The average Bonchev–Trinajstić information content (AvgIpc) is 2.56. The first kappa shape index (κ1) is 12.3. The van der Waals surface area contributed by atoms with Crippen LogP contribution in [0.2, 0.25) is 0 Å². The molecule has 0 bridgehead atoms. The molecular formula is C12H19ClN2S. The van der Waals surface area contributed by atoms with Gasteiger partial charge >= 0.3 is 0 Å². The van der Waals surface area contributed by atoms with Crippen LogP contribution >= 0.6 is 22.9 Å². The molecule has 0 spiro atoms. The van der Waals surface area contributed by atoms with Gasteiger partial charge in [-0.25, -0.2) is 0 Å². The number of rotatable bonds is 4. The molecule has 1 aliphatic rings. The molecule has 1 saturated carbocycles. The van der Waals surface area contributed by atoms with E-state index in [-0.39, 0.29) is 0 Å². The number of aryl methyl sites for hydroxylation is 1. The van der Waals surface area contributed by atoms with E-state index in [1.54, 1.807) is 11.3 Å². The maximum atomic E-state index is 5.68. The van der Waals surface area contributed by atoms with E-state index in [0.29, 0.717) is 22.6 Å². The van der Waals surface area contributed by atoms with Crippen molar-refractivity contribution >= 4 is 22.9 Å². The molecular weight excluding hydrogens is 240 g/mol. The fraction of sp³-hybridized carbons (Fsp3) is 0.833. The van der Waals surface area contributed by atoms with Crippen LogP contribution in [0, 0.1) is 10.8 Å². The number of aromatic nitrogens is 2. The molecule has 0 saturated heterocycles. The van der Waals surface area contributed by atoms with Crippen LogP contribution in [-0.4, -0.2) is 16.1 Å². The van der Waals surface area contributed by atoms with Gasteiger partial charge < -0.3 is 0 Å². The second-order valence-corrected chi connectivity index (χ2v) is 7.17. The summed E-state index contributed by atoms with van der Waals surface area (Å²) in [5.74, 6) is 1.28. The van der Waals surface area contributed by atoms with Crippen LogP contribution in [-0.2, 0) is 6.42 Å². The van der Waals surface area contributed by atoms with E-state index in [0.717, 1.165) is 17.8 Å². The Morgan fingerprint density at radius 2 is 1.81 bits per heavy atom. The molecule has 0 N–H and O–H groups in total. The summed E-state index contributed by atoms with van der Waals surface area (Å²) in [7, 11) is 0. The Morgan fingerprint density at radius 3 is 2.31 bits per heavy atom. The van der Waals surface area contributed by atoms with E-state index in [1.807, 2.05) is 0 Å². The Kier molecular flexibility index (Phi) is 3.04. The van der Waals surface area contributed by atoms with Gasteiger partial charge in [0.25, 0.3) is 0 Å². The van der Waals surface area contributed by atoms with Crippen molar-refractivity contribution in [3.63, 3.8) is 0 Å². The predicted molar refractivity (Wildman–Crippen MR) is 69.3 cm³/mol. The van der Waals surface area contributed by atoms with E-state index in [2.05, 4.69) is 37.9 Å². The molecule has 16 heavy (non-hydrogen) atoms. The fourth-order valence-corrected chi connectivity index (χ4v) is 4.01. The molecule has 0 radical (unpaired) electrons. The molecule has 1 aromatic rings.